The van der Waals surface area contributed by atoms with E-state index in [1.54, 1.807) is 20.8 Å². The monoisotopic (exact) mass is 365 g/mol. The third-order valence-electron chi connectivity index (χ3n) is 3.90. The van der Waals surface area contributed by atoms with Gasteiger partial charge >= 0.3 is 6.09 Å². The molecule has 0 aliphatic heterocycles. The lowest BCUT2D eigenvalue weighted by Gasteiger charge is -2.21. The first-order valence-electron chi connectivity index (χ1n) is 8.17. The number of carbonyl (C=O) groups excluding carboxylic acids is 1. The fourth-order valence-electron chi connectivity index (χ4n) is 2.86. The third-order valence-corrected chi connectivity index (χ3v) is 5.69. The van der Waals surface area contributed by atoms with Crippen molar-refractivity contribution in [2.75, 3.05) is 5.75 Å². The Morgan fingerprint density at radius 3 is 2.68 bits per heavy atom. The van der Waals surface area contributed by atoms with Crippen LogP contribution in [0.4, 0.5) is 4.79 Å². The SMILES string of the molecule is CC(C)(C)OC(=O)N[C@H]1CC[C@@H](CS(=O)(=O)c2ccc(C#N)cn2)C1. The van der Waals surface area contributed by atoms with Gasteiger partial charge < -0.3 is 10.1 Å². The predicted octanol–water partition coefficient (Wildman–Crippen LogP) is 2.42. The van der Waals surface area contributed by atoms with Crippen LogP contribution in [0.2, 0.25) is 0 Å². The van der Waals surface area contributed by atoms with Crippen molar-refractivity contribution >= 4 is 15.9 Å². The highest BCUT2D eigenvalue weighted by atomic mass is 32.2. The van der Waals surface area contributed by atoms with Gasteiger partial charge in [0.1, 0.15) is 11.7 Å². The van der Waals surface area contributed by atoms with Crippen LogP contribution in [-0.4, -0.2) is 36.9 Å². The van der Waals surface area contributed by atoms with Crippen LogP contribution in [0.15, 0.2) is 23.4 Å². The van der Waals surface area contributed by atoms with Gasteiger partial charge in [0, 0.05) is 12.2 Å². The molecule has 0 saturated heterocycles. The van der Waals surface area contributed by atoms with Crippen molar-refractivity contribution in [2.45, 2.75) is 56.7 Å². The van der Waals surface area contributed by atoms with Gasteiger partial charge in [0.2, 0.25) is 0 Å². The number of ether oxygens (including phenoxy) is 1. The maximum atomic E-state index is 12.4. The first-order chi connectivity index (χ1) is 11.6. The largest absolute Gasteiger partial charge is 0.444 e. The number of nitrogens with zero attached hydrogens (tertiary/aromatic N) is 2. The zero-order chi connectivity index (χ0) is 18.7. The van der Waals surface area contributed by atoms with Crippen LogP contribution in [-0.2, 0) is 14.6 Å². The molecule has 0 spiro atoms. The van der Waals surface area contributed by atoms with E-state index in [9.17, 15) is 13.2 Å². The molecule has 1 aromatic heterocycles. The molecule has 8 heteroatoms. The summed E-state index contributed by atoms with van der Waals surface area (Å²) in [6.45, 7) is 5.38. The number of pyridine rings is 1. The van der Waals surface area contributed by atoms with E-state index in [1.807, 2.05) is 6.07 Å². The lowest BCUT2D eigenvalue weighted by molar-refractivity contribution is 0.0505. The maximum absolute atomic E-state index is 12.4. The zero-order valence-corrected chi connectivity index (χ0v) is 15.5. The summed E-state index contributed by atoms with van der Waals surface area (Å²) in [5, 5.41) is 11.5. The molecule has 2 rings (SSSR count). The van der Waals surface area contributed by atoms with Gasteiger partial charge in [-0.15, -0.1) is 0 Å². The molecule has 1 aliphatic carbocycles. The first-order valence-corrected chi connectivity index (χ1v) is 9.83. The van der Waals surface area contributed by atoms with E-state index < -0.39 is 21.5 Å². The topological polar surface area (TPSA) is 109 Å². The fourth-order valence-corrected chi connectivity index (χ4v) is 4.44. The van der Waals surface area contributed by atoms with Crippen molar-refractivity contribution in [2.24, 2.45) is 5.92 Å². The summed E-state index contributed by atoms with van der Waals surface area (Å²) in [4.78, 5) is 15.7. The number of alkyl carbamates (subject to hydrolysis) is 1. The standard InChI is InChI=1S/C17H23N3O4S/c1-17(2,3)24-16(21)20-14-6-4-12(8-14)11-25(22,23)15-7-5-13(9-18)10-19-15/h5,7,10,12,14H,4,6,8,11H2,1-3H3,(H,20,21)/t12-,14+/m1/s1. The molecule has 136 valence electrons. The van der Waals surface area contributed by atoms with Crippen molar-refractivity contribution in [1.82, 2.24) is 10.3 Å². The van der Waals surface area contributed by atoms with Crippen molar-refractivity contribution in [3.8, 4) is 6.07 Å². The second kappa shape index (κ2) is 7.40. The van der Waals surface area contributed by atoms with Crippen LogP contribution < -0.4 is 5.32 Å². The van der Waals surface area contributed by atoms with Gasteiger partial charge in [0.05, 0.1) is 11.3 Å². The molecular weight excluding hydrogens is 342 g/mol. The number of amides is 1. The zero-order valence-electron chi connectivity index (χ0n) is 14.7. The molecule has 0 radical (unpaired) electrons. The number of sulfone groups is 1. The van der Waals surface area contributed by atoms with Crippen molar-refractivity contribution < 1.29 is 17.9 Å². The average Bonchev–Trinajstić information content (AvgIpc) is 2.91. The molecule has 25 heavy (non-hydrogen) atoms. The van der Waals surface area contributed by atoms with Crippen LogP contribution in [0.5, 0.6) is 0 Å². The molecule has 0 bridgehead atoms. The summed E-state index contributed by atoms with van der Waals surface area (Å²) in [6, 6.07) is 4.64. The van der Waals surface area contributed by atoms with E-state index in [4.69, 9.17) is 10.00 Å². The second-order valence-electron chi connectivity index (χ2n) is 7.30. The van der Waals surface area contributed by atoms with Crippen molar-refractivity contribution in [3.63, 3.8) is 0 Å². The molecule has 1 N–H and O–H groups in total. The highest BCUT2D eigenvalue weighted by molar-refractivity contribution is 7.91. The quantitative estimate of drug-likeness (QED) is 0.877. The van der Waals surface area contributed by atoms with Crippen LogP contribution in [0.3, 0.4) is 0 Å². The summed E-state index contributed by atoms with van der Waals surface area (Å²) >= 11 is 0. The lowest BCUT2D eigenvalue weighted by atomic mass is 10.1. The van der Waals surface area contributed by atoms with Gasteiger partial charge in [-0.2, -0.15) is 5.26 Å². The number of nitriles is 1. The van der Waals surface area contributed by atoms with Gasteiger partial charge in [0.25, 0.3) is 0 Å². The van der Waals surface area contributed by atoms with Crippen LogP contribution in [0, 0.1) is 17.2 Å². The lowest BCUT2D eigenvalue weighted by Crippen LogP contribution is -2.38. The van der Waals surface area contributed by atoms with Gasteiger partial charge in [-0.05, 0) is 58.1 Å². The number of aromatic nitrogens is 1. The van der Waals surface area contributed by atoms with Crippen LogP contribution in [0.25, 0.3) is 0 Å². The van der Waals surface area contributed by atoms with Gasteiger partial charge in [-0.1, -0.05) is 0 Å². The van der Waals surface area contributed by atoms with E-state index in [1.165, 1.54) is 18.3 Å². The Labute approximate surface area is 148 Å². The normalized spacial score (nSPS) is 20.7. The third kappa shape index (κ3) is 5.71. The molecule has 0 aromatic carbocycles. The predicted molar refractivity (Wildman–Crippen MR) is 91.5 cm³/mol. The van der Waals surface area contributed by atoms with E-state index in [2.05, 4.69) is 10.3 Å². The number of nitrogens with one attached hydrogen (secondary N) is 1. The molecule has 1 aliphatic rings. The summed E-state index contributed by atoms with van der Waals surface area (Å²) in [6.07, 6.45) is 2.81. The smallest absolute Gasteiger partial charge is 0.407 e. The van der Waals surface area contributed by atoms with Crippen molar-refractivity contribution in [3.05, 3.63) is 23.9 Å². The van der Waals surface area contributed by atoms with E-state index in [-0.39, 0.29) is 22.7 Å². The molecule has 7 nitrogen and oxygen atoms in total. The number of hydrogen-bond acceptors (Lipinski definition) is 6. The summed E-state index contributed by atoms with van der Waals surface area (Å²) in [5.74, 6) is -0.0549. The maximum Gasteiger partial charge on any atom is 0.407 e. The first kappa shape index (κ1) is 19.2. The van der Waals surface area contributed by atoms with Gasteiger partial charge in [0.15, 0.2) is 14.9 Å². The molecule has 1 amide bonds. The molecule has 1 fully saturated rings. The minimum absolute atomic E-state index is 0.0155. The highest BCUT2D eigenvalue weighted by Gasteiger charge is 2.31. The van der Waals surface area contributed by atoms with E-state index >= 15 is 0 Å². The summed E-state index contributed by atoms with van der Waals surface area (Å²) in [5.41, 5.74) is -0.242. The number of carbonyl (C=O) groups is 1. The molecule has 1 aromatic rings. The second-order valence-corrected chi connectivity index (χ2v) is 9.28. The number of hydrogen-bond donors (Lipinski definition) is 1. The van der Waals surface area contributed by atoms with Crippen LogP contribution >= 0.6 is 0 Å². The van der Waals surface area contributed by atoms with Crippen molar-refractivity contribution in [1.29, 1.82) is 5.26 Å². The molecule has 1 heterocycles. The Kier molecular flexibility index (Phi) is 5.68. The molecule has 0 unspecified atom stereocenters. The number of rotatable bonds is 4. The van der Waals surface area contributed by atoms with Gasteiger partial charge in [-0.3, -0.25) is 0 Å². The highest BCUT2D eigenvalue weighted by Crippen LogP contribution is 2.28. The summed E-state index contributed by atoms with van der Waals surface area (Å²) in [7, 11) is -3.51. The molecule has 2 atom stereocenters. The Hall–Kier alpha value is -2.14. The minimum atomic E-state index is -3.51. The fraction of sp³-hybridized carbons (Fsp3) is 0.588. The van der Waals surface area contributed by atoms with E-state index in [0.29, 0.717) is 12.0 Å². The molecule has 1 saturated carbocycles. The summed E-state index contributed by atoms with van der Waals surface area (Å²) < 4.78 is 30.1. The van der Waals surface area contributed by atoms with E-state index in [0.717, 1.165) is 12.8 Å². The Balaban J connectivity index is 1.91. The Morgan fingerprint density at radius 1 is 1.40 bits per heavy atom. The Bertz CT molecular complexity index is 761. The minimum Gasteiger partial charge on any atom is -0.444 e. The Morgan fingerprint density at radius 2 is 2.12 bits per heavy atom. The average molecular weight is 365 g/mol. The van der Waals surface area contributed by atoms with Crippen LogP contribution in [0.1, 0.15) is 45.6 Å². The van der Waals surface area contributed by atoms with Gasteiger partial charge in [-0.25, -0.2) is 18.2 Å². The molecular formula is C17H23N3O4S.